The Bertz CT molecular complexity index is 337. The Balaban J connectivity index is 1.71. The van der Waals surface area contributed by atoms with E-state index in [2.05, 4.69) is 5.32 Å². The molecule has 3 N–H and O–H groups in total. The minimum absolute atomic E-state index is 0.00257. The first-order valence-corrected chi connectivity index (χ1v) is 7.57. The van der Waals surface area contributed by atoms with Gasteiger partial charge in [0.05, 0.1) is 12.6 Å². The molecular weight excluding hydrogens is 258 g/mol. The largest absolute Gasteiger partial charge is 0.381 e. The van der Waals surface area contributed by atoms with E-state index in [9.17, 15) is 9.59 Å². The van der Waals surface area contributed by atoms with Crippen LogP contribution in [0.5, 0.6) is 0 Å². The van der Waals surface area contributed by atoms with Gasteiger partial charge >= 0.3 is 0 Å². The van der Waals surface area contributed by atoms with E-state index < -0.39 is 6.04 Å². The summed E-state index contributed by atoms with van der Waals surface area (Å²) in [6.07, 6.45) is 4.93. The zero-order valence-electron chi connectivity index (χ0n) is 12.0. The third kappa shape index (κ3) is 4.18. The second-order valence-corrected chi connectivity index (χ2v) is 5.63. The molecule has 2 fully saturated rings. The van der Waals surface area contributed by atoms with Crippen molar-refractivity contribution < 1.29 is 14.3 Å². The minimum Gasteiger partial charge on any atom is -0.381 e. The Morgan fingerprint density at radius 2 is 1.85 bits per heavy atom. The summed E-state index contributed by atoms with van der Waals surface area (Å²) in [5.74, 6) is -0.0617. The van der Waals surface area contributed by atoms with Gasteiger partial charge in [-0.3, -0.25) is 9.59 Å². The van der Waals surface area contributed by atoms with Crippen LogP contribution in [-0.2, 0) is 14.3 Å². The van der Waals surface area contributed by atoms with E-state index >= 15 is 0 Å². The van der Waals surface area contributed by atoms with Gasteiger partial charge in [0.25, 0.3) is 0 Å². The predicted molar refractivity (Wildman–Crippen MR) is 75.0 cm³/mol. The maximum atomic E-state index is 12.0. The second-order valence-electron chi connectivity index (χ2n) is 5.63. The van der Waals surface area contributed by atoms with Crippen LogP contribution in [0, 0.1) is 5.92 Å². The molecule has 2 amide bonds. The average Bonchev–Trinajstić information content (AvgIpc) is 2.53. The van der Waals surface area contributed by atoms with Crippen molar-refractivity contribution in [3.8, 4) is 0 Å². The first-order chi connectivity index (χ1) is 9.68. The number of hydrogen-bond acceptors (Lipinski definition) is 4. The fraction of sp³-hybridized carbons (Fsp3) is 0.857. The number of nitrogens with two attached hydrogens (primary N) is 1. The lowest BCUT2D eigenvalue weighted by atomic mass is 9.92. The minimum atomic E-state index is -0.534. The van der Waals surface area contributed by atoms with Gasteiger partial charge in [0.2, 0.25) is 11.8 Å². The van der Waals surface area contributed by atoms with Crippen LogP contribution in [0.25, 0.3) is 0 Å². The third-order valence-electron chi connectivity index (χ3n) is 4.20. The van der Waals surface area contributed by atoms with E-state index in [0.717, 1.165) is 38.8 Å². The Hall–Kier alpha value is -1.14. The number of amides is 2. The van der Waals surface area contributed by atoms with E-state index in [1.807, 2.05) is 4.90 Å². The van der Waals surface area contributed by atoms with Crippen molar-refractivity contribution in [3.63, 3.8) is 0 Å². The summed E-state index contributed by atoms with van der Waals surface area (Å²) in [5, 5.41) is 2.68. The summed E-state index contributed by atoms with van der Waals surface area (Å²) in [4.78, 5) is 25.8. The Kier molecular flexibility index (Phi) is 5.79. The smallest absolute Gasteiger partial charge is 0.241 e. The van der Waals surface area contributed by atoms with Crippen LogP contribution in [0.1, 0.15) is 32.1 Å². The van der Waals surface area contributed by atoms with Crippen molar-refractivity contribution in [2.24, 2.45) is 11.7 Å². The van der Waals surface area contributed by atoms with Gasteiger partial charge in [-0.1, -0.05) is 0 Å². The SMILES string of the molecule is NC(C(=O)NCC(=O)N1CCCCC1)C1CCOCC1. The highest BCUT2D eigenvalue weighted by atomic mass is 16.5. The van der Waals surface area contributed by atoms with Crippen LogP contribution in [0.4, 0.5) is 0 Å². The maximum Gasteiger partial charge on any atom is 0.241 e. The van der Waals surface area contributed by atoms with Crippen LogP contribution >= 0.6 is 0 Å². The van der Waals surface area contributed by atoms with Crippen molar-refractivity contribution in [2.75, 3.05) is 32.8 Å². The normalized spacial score (nSPS) is 22.4. The maximum absolute atomic E-state index is 12.0. The lowest BCUT2D eigenvalue weighted by Crippen LogP contribution is -2.50. The van der Waals surface area contributed by atoms with Gasteiger partial charge in [0.15, 0.2) is 0 Å². The van der Waals surface area contributed by atoms with Gasteiger partial charge in [0.1, 0.15) is 0 Å². The van der Waals surface area contributed by atoms with Crippen LogP contribution in [0.15, 0.2) is 0 Å². The standard InChI is InChI=1S/C14H25N3O3/c15-13(11-4-8-20-9-5-11)14(19)16-10-12(18)17-6-2-1-3-7-17/h11,13H,1-10,15H2,(H,16,19). The molecule has 0 aromatic carbocycles. The first-order valence-electron chi connectivity index (χ1n) is 7.57. The van der Waals surface area contributed by atoms with Crippen molar-refractivity contribution in [2.45, 2.75) is 38.1 Å². The number of ether oxygens (including phenoxy) is 1. The fourth-order valence-electron chi connectivity index (χ4n) is 2.82. The Morgan fingerprint density at radius 1 is 1.20 bits per heavy atom. The molecule has 20 heavy (non-hydrogen) atoms. The first kappa shape index (κ1) is 15.3. The van der Waals surface area contributed by atoms with Crippen molar-refractivity contribution >= 4 is 11.8 Å². The summed E-state index contributed by atoms with van der Waals surface area (Å²) in [7, 11) is 0. The molecule has 6 heteroatoms. The molecule has 2 saturated heterocycles. The van der Waals surface area contributed by atoms with Crippen molar-refractivity contribution in [1.82, 2.24) is 10.2 Å². The monoisotopic (exact) mass is 283 g/mol. The van der Waals surface area contributed by atoms with Crippen LogP contribution in [-0.4, -0.2) is 55.6 Å². The molecule has 0 aromatic rings. The number of rotatable bonds is 4. The number of likely N-dealkylation sites (tertiary alicyclic amines) is 1. The molecule has 1 atom stereocenters. The molecule has 114 valence electrons. The molecule has 0 aromatic heterocycles. The van der Waals surface area contributed by atoms with Gasteiger partial charge in [-0.25, -0.2) is 0 Å². The van der Waals surface area contributed by atoms with Gasteiger partial charge in [-0.15, -0.1) is 0 Å². The fourth-order valence-corrected chi connectivity index (χ4v) is 2.82. The van der Waals surface area contributed by atoms with E-state index in [1.54, 1.807) is 0 Å². The predicted octanol–water partition coefficient (Wildman–Crippen LogP) is -0.131. The van der Waals surface area contributed by atoms with Gasteiger partial charge in [0, 0.05) is 26.3 Å². The topological polar surface area (TPSA) is 84.7 Å². The zero-order chi connectivity index (χ0) is 14.4. The molecule has 0 radical (unpaired) electrons. The number of nitrogens with zero attached hydrogens (tertiary/aromatic N) is 1. The number of nitrogens with one attached hydrogen (secondary N) is 1. The quantitative estimate of drug-likeness (QED) is 0.752. The summed E-state index contributed by atoms with van der Waals surface area (Å²) >= 11 is 0. The van der Waals surface area contributed by atoms with Crippen molar-refractivity contribution in [1.29, 1.82) is 0 Å². The number of carbonyl (C=O) groups is 2. The van der Waals surface area contributed by atoms with E-state index in [1.165, 1.54) is 6.42 Å². The molecule has 2 aliphatic rings. The van der Waals surface area contributed by atoms with Crippen LogP contribution < -0.4 is 11.1 Å². The Labute approximate surface area is 120 Å². The molecule has 1 unspecified atom stereocenters. The molecule has 0 bridgehead atoms. The highest BCUT2D eigenvalue weighted by Crippen LogP contribution is 2.17. The Morgan fingerprint density at radius 3 is 2.50 bits per heavy atom. The number of hydrogen-bond donors (Lipinski definition) is 2. The molecular formula is C14H25N3O3. The highest BCUT2D eigenvalue weighted by Gasteiger charge is 2.27. The summed E-state index contributed by atoms with van der Waals surface area (Å²) in [5.41, 5.74) is 5.96. The summed E-state index contributed by atoms with van der Waals surface area (Å²) in [6.45, 7) is 3.01. The van der Waals surface area contributed by atoms with Crippen molar-refractivity contribution in [3.05, 3.63) is 0 Å². The molecule has 0 aliphatic carbocycles. The average molecular weight is 283 g/mol. The highest BCUT2D eigenvalue weighted by molar-refractivity contribution is 5.87. The third-order valence-corrected chi connectivity index (χ3v) is 4.20. The van der Waals surface area contributed by atoms with Gasteiger partial charge < -0.3 is 20.7 Å². The molecule has 2 aliphatic heterocycles. The summed E-state index contributed by atoms with van der Waals surface area (Å²) < 4.78 is 5.26. The van der Waals surface area contributed by atoms with E-state index in [0.29, 0.717) is 13.2 Å². The summed E-state index contributed by atoms with van der Waals surface area (Å²) in [6, 6.07) is -0.534. The lowest BCUT2D eigenvalue weighted by Gasteiger charge is -2.28. The zero-order valence-corrected chi connectivity index (χ0v) is 12.0. The number of carbonyl (C=O) groups excluding carboxylic acids is 2. The number of piperidine rings is 1. The van der Waals surface area contributed by atoms with Crippen LogP contribution in [0.3, 0.4) is 0 Å². The van der Waals surface area contributed by atoms with Gasteiger partial charge in [-0.2, -0.15) is 0 Å². The molecule has 0 saturated carbocycles. The lowest BCUT2D eigenvalue weighted by molar-refractivity contribution is -0.134. The van der Waals surface area contributed by atoms with Crippen LogP contribution in [0.2, 0.25) is 0 Å². The molecule has 2 rings (SSSR count). The van der Waals surface area contributed by atoms with E-state index in [4.69, 9.17) is 10.5 Å². The molecule has 2 heterocycles. The van der Waals surface area contributed by atoms with Gasteiger partial charge in [-0.05, 0) is 38.0 Å². The molecule has 0 spiro atoms. The van der Waals surface area contributed by atoms with E-state index in [-0.39, 0.29) is 24.3 Å². The molecule has 6 nitrogen and oxygen atoms in total. The second kappa shape index (κ2) is 7.59.